The topological polar surface area (TPSA) is 70.3 Å². The van der Waals surface area contributed by atoms with Gasteiger partial charge in [0.25, 0.3) is 0 Å². The lowest BCUT2D eigenvalue weighted by molar-refractivity contribution is 0.192. The number of aromatic nitrogens is 2. The Morgan fingerprint density at radius 1 is 1.35 bits per heavy atom. The fraction of sp³-hybridized carbons (Fsp3) is 0.692. The Bertz CT molecular complexity index is 411. The molecule has 3 N–H and O–H groups in total. The minimum absolute atomic E-state index is 0.658. The van der Waals surface area contributed by atoms with E-state index in [0.717, 1.165) is 37.2 Å². The van der Waals surface area contributed by atoms with E-state index >= 15 is 0 Å². The van der Waals surface area contributed by atoms with E-state index in [2.05, 4.69) is 39.0 Å². The molecule has 1 fully saturated rings. The van der Waals surface area contributed by atoms with E-state index in [1.807, 2.05) is 12.3 Å². The van der Waals surface area contributed by atoms with Gasteiger partial charge < -0.3 is 10.3 Å². The third-order valence-electron chi connectivity index (χ3n) is 3.87. The van der Waals surface area contributed by atoms with Crippen LogP contribution in [0.1, 0.15) is 20.3 Å². The largest absolute Gasteiger partial charge is 0.354 e. The number of rotatable bonds is 5. The van der Waals surface area contributed by atoms with Gasteiger partial charge in [0.15, 0.2) is 5.16 Å². The second kappa shape index (κ2) is 7.10. The normalized spacial score (nSPS) is 18.1. The Kier molecular flexibility index (Phi) is 5.45. The van der Waals surface area contributed by atoms with E-state index in [-0.39, 0.29) is 0 Å². The van der Waals surface area contributed by atoms with Gasteiger partial charge in [-0.3, -0.25) is 4.90 Å². The summed E-state index contributed by atoms with van der Waals surface area (Å²) in [4.78, 5) is 13.7. The van der Waals surface area contributed by atoms with E-state index < -0.39 is 0 Å². The molecular formula is C13H24N6S. The lowest BCUT2D eigenvalue weighted by Crippen LogP contribution is -2.49. The highest BCUT2D eigenvalue weighted by Crippen LogP contribution is 2.21. The standard InChI is InChI=1S/C13H24N6S/c1-4-10(2)18-5-7-19(8-6-18)12-9-11(17-14)15-13(16-12)20-3/h9-10H,4-8,14H2,1-3H3,(H,15,16,17). The summed E-state index contributed by atoms with van der Waals surface area (Å²) in [5.41, 5.74) is 2.62. The zero-order chi connectivity index (χ0) is 14.5. The van der Waals surface area contributed by atoms with Crippen molar-refractivity contribution < 1.29 is 0 Å². The first-order chi connectivity index (χ1) is 9.67. The SMILES string of the molecule is CCC(C)N1CCN(c2cc(NN)nc(SC)n2)CC1. The Hall–Kier alpha value is -1.05. The highest BCUT2D eigenvalue weighted by molar-refractivity contribution is 7.98. The van der Waals surface area contributed by atoms with Crippen molar-refractivity contribution in [2.45, 2.75) is 31.5 Å². The van der Waals surface area contributed by atoms with E-state index in [0.29, 0.717) is 11.9 Å². The Balaban J connectivity index is 2.06. The van der Waals surface area contributed by atoms with Crippen LogP contribution in [0.5, 0.6) is 0 Å². The second-order valence-electron chi connectivity index (χ2n) is 5.02. The van der Waals surface area contributed by atoms with Gasteiger partial charge in [-0.15, -0.1) is 0 Å². The summed E-state index contributed by atoms with van der Waals surface area (Å²) in [6.45, 7) is 8.70. The zero-order valence-electron chi connectivity index (χ0n) is 12.5. The van der Waals surface area contributed by atoms with Gasteiger partial charge in [0.2, 0.25) is 0 Å². The van der Waals surface area contributed by atoms with Crippen molar-refractivity contribution in [2.75, 3.05) is 42.8 Å². The molecule has 2 heterocycles. The summed E-state index contributed by atoms with van der Waals surface area (Å²) < 4.78 is 0. The minimum atomic E-state index is 0.658. The van der Waals surface area contributed by atoms with Crippen molar-refractivity contribution in [1.82, 2.24) is 14.9 Å². The van der Waals surface area contributed by atoms with Crippen molar-refractivity contribution in [1.29, 1.82) is 0 Å². The molecule has 7 heteroatoms. The summed E-state index contributed by atoms with van der Waals surface area (Å²) in [5, 5.41) is 0.750. The van der Waals surface area contributed by atoms with Crippen LogP contribution in [0.3, 0.4) is 0 Å². The van der Waals surface area contributed by atoms with Crippen LogP contribution >= 0.6 is 11.8 Å². The van der Waals surface area contributed by atoms with E-state index in [1.165, 1.54) is 18.2 Å². The van der Waals surface area contributed by atoms with Crippen molar-refractivity contribution in [3.05, 3.63) is 6.07 Å². The first kappa shape index (κ1) is 15.3. The van der Waals surface area contributed by atoms with Gasteiger partial charge in [-0.05, 0) is 19.6 Å². The second-order valence-corrected chi connectivity index (χ2v) is 5.80. The molecule has 0 amide bonds. The molecule has 0 saturated carbocycles. The first-order valence-electron chi connectivity index (χ1n) is 7.06. The molecule has 2 rings (SSSR count). The molecule has 112 valence electrons. The Morgan fingerprint density at radius 2 is 2.05 bits per heavy atom. The molecule has 0 aliphatic carbocycles. The number of anilines is 2. The number of hydrogen-bond acceptors (Lipinski definition) is 7. The number of nitrogens with zero attached hydrogens (tertiary/aromatic N) is 4. The van der Waals surface area contributed by atoms with Crippen LogP contribution in [0, 0.1) is 0 Å². The fourth-order valence-electron chi connectivity index (χ4n) is 2.39. The molecule has 1 saturated heterocycles. The minimum Gasteiger partial charge on any atom is -0.354 e. The van der Waals surface area contributed by atoms with Crippen LogP contribution in [-0.4, -0.2) is 53.3 Å². The highest BCUT2D eigenvalue weighted by atomic mass is 32.2. The maximum atomic E-state index is 5.48. The zero-order valence-corrected chi connectivity index (χ0v) is 13.3. The number of nitrogens with one attached hydrogen (secondary N) is 1. The van der Waals surface area contributed by atoms with E-state index in [9.17, 15) is 0 Å². The number of nitrogen functional groups attached to an aromatic ring is 1. The molecule has 1 aromatic rings. The van der Waals surface area contributed by atoms with Gasteiger partial charge in [-0.25, -0.2) is 15.8 Å². The summed E-state index contributed by atoms with van der Waals surface area (Å²) in [6.07, 6.45) is 3.17. The predicted octanol–water partition coefficient (Wildman–Crippen LogP) is 1.40. The average Bonchev–Trinajstić information content (AvgIpc) is 2.53. The lowest BCUT2D eigenvalue weighted by atomic mass is 10.2. The van der Waals surface area contributed by atoms with Gasteiger partial charge >= 0.3 is 0 Å². The molecule has 0 bridgehead atoms. The van der Waals surface area contributed by atoms with Crippen molar-refractivity contribution in [3.8, 4) is 0 Å². The maximum absolute atomic E-state index is 5.48. The van der Waals surface area contributed by atoms with Gasteiger partial charge in [-0.2, -0.15) is 0 Å². The first-order valence-corrected chi connectivity index (χ1v) is 8.29. The van der Waals surface area contributed by atoms with Crippen molar-refractivity contribution >= 4 is 23.4 Å². The van der Waals surface area contributed by atoms with Crippen LogP contribution in [0.25, 0.3) is 0 Å². The molecule has 1 aliphatic rings. The van der Waals surface area contributed by atoms with Crippen LogP contribution < -0.4 is 16.2 Å². The quantitative estimate of drug-likeness (QED) is 0.368. The molecule has 20 heavy (non-hydrogen) atoms. The molecule has 6 nitrogen and oxygen atoms in total. The fourth-order valence-corrected chi connectivity index (χ4v) is 2.76. The third kappa shape index (κ3) is 3.53. The van der Waals surface area contributed by atoms with Gasteiger partial charge in [0.05, 0.1) is 0 Å². The third-order valence-corrected chi connectivity index (χ3v) is 4.42. The monoisotopic (exact) mass is 296 g/mol. The van der Waals surface area contributed by atoms with Crippen LogP contribution in [-0.2, 0) is 0 Å². The maximum Gasteiger partial charge on any atom is 0.191 e. The lowest BCUT2D eigenvalue weighted by Gasteiger charge is -2.38. The van der Waals surface area contributed by atoms with Crippen molar-refractivity contribution in [3.63, 3.8) is 0 Å². The number of nitrogens with two attached hydrogens (primary N) is 1. The van der Waals surface area contributed by atoms with Crippen LogP contribution in [0.4, 0.5) is 11.6 Å². The molecule has 1 aliphatic heterocycles. The van der Waals surface area contributed by atoms with Crippen LogP contribution in [0.15, 0.2) is 11.2 Å². The average molecular weight is 296 g/mol. The van der Waals surface area contributed by atoms with E-state index in [4.69, 9.17) is 5.84 Å². The molecular weight excluding hydrogens is 272 g/mol. The molecule has 1 unspecified atom stereocenters. The van der Waals surface area contributed by atoms with Crippen molar-refractivity contribution in [2.24, 2.45) is 5.84 Å². The number of thioether (sulfide) groups is 1. The van der Waals surface area contributed by atoms with Gasteiger partial charge in [-0.1, -0.05) is 18.7 Å². The Morgan fingerprint density at radius 3 is 2.60 bits per heavy atom. The highest BCUT2D eigenvalue weighted by Gasteiger charge is 2.21. The van der Waals surface area contributed by atoms with Gasteiger partial charge in [0, 0.05) is 38.3 Å². The molecule has 0 radical (unpaired) electrons. The summed E-state index contributed by atoms with van der Waals surface area (Å²) >= 11 is 1.53. The molecule has 1 atom stereocenters. The smallest absolute Gasteiger partial charge is 0.191 e. The predicted molar refractivity (Wildman–Crippen MR) is 85.2 cm³/mol. The summed E-state index contributed by atoms with van der Waals surface area (Å²) in [5.74, 6) is 7.10. The number of hydrazine groups is 1. The Labute approximate surface area is 125 Å². The molecule has 0 aromatic carbocycles. The summed E-state index contributed by atoms with van der Waals surface area (Å²) in [7, 11) is 0. The molecule has 0 spiro atoms. The molecule has 1 aromatic heterocycles. The van der Waals surface area contributed by atoms with Gasteiger partial charge in [0.1, 0.15) is 11.6 Å². The number of hydrogen-bond donors (Lipinski definition) is 2. The number of piperazine rings is 1. The van der Waals surface area contributed by atoms with E-state index in [1.54, 1.807) is 0 Å². The van der Waals surface area contributed by atoms with Crippen LogP contribution in [0.2, 0.25) is 0 Å². The summed E-state index contributed by atoms with van der Waals surface area (Å²) in [6, 6.07) is 2.57.